The van der Waals surface area contributed by atoms with Gasteiger partial charge in [-0.3, -0.25) is 4.79 Å². The van der Waals surface area contributed by atoms with Crippen LogP contribution in [-0.4, -0.2) is 48.3 Å². The number of amides is 1. The van der Waals surface area contributed by atoms with Gasteiger partial charge < -0.3 is 33.9 Å². The van der Waals surface area contributed by atoms with Crippen molar-refractivity contribution >= 4 is 11.6 Å². The number of anilines is 1. The second kappa shape index (κ2) is 15.6. The third-order valence-corrected chi connectivity index (χ3v) is 8.94. The van der Waals surface area contributed by atoms with Crippen LogP contribution in [0.15, 0.2) is 103 Å². The first kappa shape index (κ1) is 34.7. The fraction of sp³-hybridized carbons (Fsp3) is 0.293. The van der Waals surface area contributed by atoms with Gasteiger partial charge in [-0.05, 0) is 78.4 Å². The van der Waals surface area contributed by atoms with Crippen molar-refractivity contribution < 1.29 is 33.2 Å². The van der Waals surface area contributed by atoms with Crippen LogP contribution < -0.4 is 19.5 Å². The van der Waals surface area contributed by atoms with Crippen LogP contribution in [0.2, 0.25) is 0 Å². The summed E-state index contributed by atoms with van der Waals surface area (Å²) in [6.07, 6.45) is -0.442. The maximum absolute atomic E-state index is 14.4. The van der Waals surface area contributed by atoms with E-state index in [9.17, 15) is 14.3 Å². The molecule has 8 nitrogen and oxygen atoms in total. The van der Waals surface area contributed by atoms with Crippen molar-refractivity contribution in [2.45, 2.75) is 64.1 Å². The average Bonchev–Trinajstić information content (AvgIpc) is 3.47. The SMILES string of the molecule is COc1ccc(OC2C[C@H](O)C[C@@H](CCn3c(-c4ccc(F)cc4)c(-c4ccccc4)c(C(=O)Nc4ccccc4)c3C(C)C)O2)c(OC)c1. The van der Waals surface area contributed by atoms with Crippen molar-refractivity contribution in [3.05, 3.63) is 120 Å². The van der Waals surface area contributed by atoms with E-state index >= 15 is 0 Å². The number of carbonyl (C=O) groups is 1. The number of para-hydroxylation sites is 1. The smallest absolute Gasteiger partial charge is 0.258 e. The number of aliphatic hydroxyl groups is 1. The molecule has 1 unspecified atom stereocenters. The van der Waals surface area contributed by atoms with Crippen LogP contribution in [0.3, 0.4) is 0 Å². The number of ether oxygens (including phenoxy) is 4. The number of hydrogen-bond acceptors (Lipinski definition) is 6. The zero-order chi connectivity index (χ0) is 35.2. The maximum atomic E-state index is 14.4. The van der Waals surface area contributed by atoms with Crippen molar-refractivity contribution in [2.24, 2.45) is 0 Å². The van der Waals surface area contributed by atoms with Crippen LogP contribution in [0.1, 0.15) is 55.1 Å². The van der Waals surface area contributed by atoms with E-state index in [2.05, 4.69) is 23.7 Å². The molecule has 0 radical (unpaired) electrons. The number of benzene rings is 4. The number of methoxy groups -OCH3 is 2. The van der Waals surface area contributed by atoms with Gasteiger partial charge in [0, 0.05) is 36.0 Å². The minimum atomic E-state index is -0.705. The molecule has 1 saturated heterocycles. The van der Waals surface area contributed by atoms with Gasteiger partial charge in [0.2, 0.25) is 6.29 Å². The van der Waals surface area contributed by atoms with Gasteiger partial charge in [0.05, 0.1) is 37.7 Å². The molecule has 0 bridgehead atoms. The molecule has 50 heavy (non-hydrogen) atoms. The van der Waals surface area contributed by atoms with E-state index in [1.54, 1.807) is 44.6 Å². The second-order valence-corrected chi connectivity index (χ2v) is 12.7. The molecular formula is C41H43FN2O6. The zero-order valence-corrected chi connectivity index (χ0v) is 28.8. The highest BCUT2D eigenvalue weighted by Gasteiger charge is 2.33. The average molecular weight is 679 g/mol. The fourth-order valence-electron chi connectivity index (χ4n) is 6.70. The molecule has 260 valence electrons. The number of rotatable bonds is 12. The van der Waals surface area contributed by atoms with Crippen molar-refractivity contribution in [1.82, 2.24) is 4.57 Å². The van der Waals surface area contributed by atoms with E-state index in [1.165, 1.54) is 12.1 Å². The van der Waals surface area contributed by atoms with Crippen LogP contribution in [0.5, 0.6) is 17.2 Å². The van der Waals surface area contributed by atoms with Crippen LogP contribution in [0, 0.1) is 5.82 Å². The minimum absolute atomic E-state index is 0.0559. The Morgan fingerprint density at radius 2 is 1.60 bits per heavy atom. The largest absolute Gasteiger partial charge is 0.497 e. The number of nitrogens with zero attached hydrogens (tertiary/aromatic N) is 1. The number of carbonyl (C=O) groups excluding carboxylic acids is 1. The van der Waals surface area contributed by atoms with E-state index in [4.69, 9.17) is 18.9 Å². The molecule has 0 saturated carbocycles. The van der Waals surface area contributed by atoms with Crippen LogP contribution >= 0.6 is 0 Å². The van der Waals surface area contributed by atoms with Gasteiger partial charge in [-0.1, -0.05) is 62.4 Å². The first-order chi connectivity index (χ1) is 24.2. The first-order valence-electron chi connectivity index (χ1n) is 16.9. The quantitative estimate of drug-likeness (QED) is 0.137. The molecule has 3 atom stereocenters. The molecule has 1 aromatic heterocycles. The third-order valence-electron chi connectivity index (χ3n) is 8.94. The topological polar surface area (TPSA) is 91.2 Å². The summed E-state index contributed by atoms with van der Waals surface area (Å²) in [5.41, 5.74) is 5.33. The van der Waals surface area contributed by atoms with E-state index in [1.807, 2.05) is 60.7 Å². The van der Waals surface area contributed by atoms with Crippen molar-refractivity contribution in [3.8, 4) is 39.6 Å². The molecule has 9 heteroatoms. The van der Waals surface area contributed by atoms with E-state index in [0.717, 1.165) is 28.1 Å². The Morgan fingerprint density at radius 1 is 0.900 bits per heavy atom. The summed E-state index contributed by atoms with van der Waals surface area (Å²) in [6.45, 7) is 4.61. The van der Waals surface area contributed by atoms with Crippen LogP contribution in [0.25, 0.3) is 22.4 Å². The molecular weight excluding hydrogens is 635 g/mol. The second-order valence-electron chi connectivity index (χ2n) is 12.7. The Kier molecular flexibility index (Phi) is 10.8. The van der Waals surface area contributed by atoms with E-state index < -0.39 is 12.4 Å². The minimum Gasteiger partial charge on any atom is -0.497 e. The summed E-state index contributed by atoms with van der Waals surface area (Å²) in [5, 5.41) is 14.1. The lowest BCUT2D eigenvalue weighted by atomic mass is 9.94. The zero-order valence-electron chi connectivity index (χ0n) is 28.8. The van der Waals surface area contributed by atoms with Gasteiger partial charge in [0.1, 0.15) is 11.6 Å². The highest BCUT2D eigenvalue weighted by Crippen LogP contribution is 2.43. The number of hydrogen-bond donors (Lipinski definition) is 2. The monoisotopic (exact) mass is 678 g/mol. The summed E-state index contributed by atoms with van der Waals surface area (Å²) in [7, 11) is 3.14. The highest BCUT2D eigenvalue weighted by atomic mass is 19.1. The van der Waals surface area contributed by atoms with Crippen LogP contribution in [-0.2, 0) is 11.3 Å². The summed E-state index contributed by atoms with van der Waals surface area (Å²) < 4.78 is 39.9. The van der Waals surface area contributed by atoms with Crippen LogP contribution in [0.4, 0.5) is 10.1 Å². The molecule has 0 aliphatic carbocycles. The number of halogens is 1. The predicted molar refractivity (Wildman–Crippen MR) is 192 cm³/mol. The Hall–Kier alpha value is -5.12. The Bertz CT molecular complexity index is 1890. The standard InChI is InChI=1S/C41H43FN2O6/c1-26(2)39-38(41(46)43-30-13-9-6-10-14-30)37(27-11-7-5-8-12-27)40(28-15-17-29(42)18-16-28)44(39)22-21-33-23-31(45)24-36(49-33)50-34-20-19-32(47-3)25-35(34)48-4/h5-20,25-26,31,33,36,45H,21-24H2,1-4H3,(H,43,46)/t31-,33-,36?/m1/s1. The third kappa shape index (κ3) is 7.69. The lowest BCUT2D eigenvalue weighted by Crippen LogP contribution is -2.39. The van der Waals surface area contributed by atoms with Crippen molar-refractivity contribution in [3.63, 3.8) is 0 Å². The summed E-state index contributed by atoms with van der Waals surface area (Å²) in [6, 6.07) is 30.9. The summed E-state index contributed by atoms with van der Waals surface area (Å²) in [4.78, 5) is 14.4. The Labute approximate surface area is 292 Å². The molecule has 5 aromatic rings. The number of aromatic nitrogens is 1. The highest BCUT2D eigenvalue weighted by molar-refractivity contribution is 6.12. The molecule has 1 aliphatic heterocycles. The molecule has 1 amide bonds. The van der Waals surface area contributed by atoms with Crippen molar-refractivity contribution in [2.75, 3.05) is 19.5 Å². The number of nitrogens with one attached hydrogen (secondary N) is 1. The van der Waals surface area contributed by atoms with Gasteiger partial charge in [0.15, 0.2) is 11.5 Å². The summed E-state index contributed by atoms with van der Waals surface area (Å²) >= 11 is 0. The maximum Gasteiger partial charge on any atom is 0.258 e. The molecule has 2 heterocycles. The normalized spacial score (nSPS) is 17.4. The van der Waals surface area contributed by atoms with Gasteiger partial charge in [-0.2, -0.15) is 0 Å². The van der Waals surface area contributed by atoms with Crippen molar-refractivity contribution in [1.29, 1.82) is 0 Å². The molecule has 0 spiro atoms. The molecule has 1 aliphatic rings. The van der Waals surface area contributed by atoms with Gasteiger partial charge in [-0.15, -0.1) is 0 Å². The molecule has 6 rings (SSSR count). The van der Waals surface area contributed by atoms with Gasteiger partial charge in [0.25, 0.3) is 5.91 Å². The predicted octanol–water partition coefficient (Wildman–Crippen LogP) is 8.69. The fourth-order valence-corrected chi connectivity index (χ4v) is 6.70. The lowest BCUT2D eigenvalue weighted by molar-refractivity contribution is -0.178. The van der Waals surface area contributed by atoms with E-state index in [0.29, 0.717) is 54.3 Å². The lowest BCUT2D eigenvalue weighted by Gasteiger charge is -2.34. The Balaban J connectivity index is 1.39. The van der Waals surface area contributed by atoms with E-state index in [-0.39, 0.29) is 23.7 Å². The first-order valence-corrected chi connectivity index (χ1v) is 16.9. The molecule has 4 aromatic carbocycles. The van der Waals surface area contributed by atoms with Gasteiger partial charge in [-0.25, -0.2) is 4.39 Å². The Morgan fingerprint density at radius 3 is 2.26 bits per heavy atom. The number of aliphatic hydroxyl groups excluding tert-OH is 1. The summed E-state index contributed by atoms with van der Waals surface area (Å²) in [5.74, 6) is 0.985. The molecule has 1 fully saturated rings. The molecule has 2 N–H and O–H groups in total. The van der Waals surface area contributed by atoms with Gasteiger partial charge >= 0.3 is 0 Å².